The minimum atomic E-state index is -0.0946. The number of nitrogens with one attached hydrogen (secondary N) is 1. The van der Waals surface area contributed by atoms with E-state index in [1.165, 1.54) is 5.56 Å². The van der Waals surface area contributed by atoms with Gasteiger partial charge in [-0.3, -0.25) is 9.59 Å². The van der Waals surface area contributed by atoms with Gasteiger partial charge in [0.25, 0.3) is 5.91 Å². The van der Waals surface area contributed by atoms with Crippen LogP contribution in [0.1, 0.15) is 63.9 Å². The van der Waals surface area contributed by atoms with Crippen LogP contribution >= 0.6 is 0 Å². The summed E-state index contributed by atoms with van der Waals surface area (Å²) in [6, 6.07) is 7.72. The van der Waals surface area contributed by atoms with Crippen molar-refractivity contribution in [2.75, 3.05) is 19.6 Å². The summed E-state index contributed by atoms with van der Waals surface area (Å²) in [6.45, 7) is 14.1. The van der Waals surface area contributed by atoms with Gasteiger partial charge in [-0.05, 0) is 35.4 Å². The Morgan fingerprint density at radius 1 is 1.08 bits per heavy atom. The highest BCUT2D eigenvalue weighted by atomic mass is 16.2. The number of benzene rings is 1. The molecule has 134 valence electrons. The van der Waals surface area contributed by atoms with Gasteiger partial charge < -0.3 is 10.2 Å². The summed E-state index contributed by atoms with van der Waals surface area (Å²) in [7, 11) is 0. The predicted molar refractivity (Wildman–Crippen MR) is 99.2 cm³/mol. The van der Waals surface area contributed by atoms with Crippen LogP contribution in [0.4, 0.5) is 0 Å². The molecule has 0 saturated heterocycles. The second-order valence-corrected chi connectivity index (χ2v) is 7.77. The molecule has 0 spiro atoms. The second-order valence-electron chi connectivity index (χ2n) is 7.77. The first kappa shape index (κ1) is 20.2. The molecule has 0 heterocycles. The quantitative estimate of drug-likeness (QED) is 0.829. The van der Waals surface area contributed by atoms with Crippen molar-refractivity contribution in [2.45, 2.75) is 53.4 Å². The lowest BCUT2D eigenvalue weighted by molar-refractivity contribution is -0.128. The number of carbonyl (C=O) groups is 2. The van der Waals surface area contributed by atoms with Crippen LogP contribution in [-0.2, 0) is 10.2 Å². The zero-order valence-electron chi connectivity index (χ0n) is 16.0. The summed E-state index contributed by atoms with van der Waals surface area (Å²) in [4.78, 5) is 25.7. The van der Waals surface area contributed by atoms with Crippen LogP contribution in [0.5, 0.6) is 0 Å². The van der Waals surface area contributed by atoms with Gasteiger partial charge >= 0.3 is 0 Å². The molecule has 0 fully saturated rings. The van der Waals surface area contributed by atoms with Crippen LogP contribution < -0.4 is 5.32 Å². The smallest absolute Gasteiger partial charge is 0.251 e. The Labute approximate surface area is 146 Å². The van der Waals surface area contributed by atoms with E-state index in [1.54, 1.807) is 11.8 Å². The largest absolute Gasteiger partial charge is 0.350 e. The lowest BCUT2D eigenvalue weighted by Crippen LogP contribution is -2.38. The van der Waals surface area contributed by atoms with Crippen LogP contribution in [0.15, 0.2) is 24.3 Å². The fraction of sp³-hybridized carbons (Fsp3) is 0.600. The molecule has 1 aromatic carbocycles. The maximum atomic E-state index is 12.2. The fourth-order valence-electron chi connectivity index (χ4n) is 2.37. The van der Waals surface area contributed by atoms with Gasteiger partial charge in [-0.25, -0.2) is 0 Å². The summed E-state index contributed by atoms with van der Waals surface area (Å²) in [5.41, 5.74) is 1.93. The third-order valence-corrected chi connectivity index (χ3v) is 4.10. The Kier molecular flexibility index (Phi) is 7.46. The van der Waals surface area contributed by atoms with Gasteiger partial charge in [0.2, 0.25) is 5.91 Å². The number of nitrogens with zero attached hydrogens (tertiary/aromatic N) is 1. The SMILES string of the molecule is CC(=O)N(CCNC(=O)c1ccc(C(C)(C)C)cc1)CCC(C)C. The van der Waals surface area contributed by atoms with Gasteiger partial charge in [-0.15, -0.1) is 0 Å². The standard InChI is InChI=1S/C20H32N2O2/c1-15(2)11-13-22(16(3)23)14-12-21-19(24)17-7-9-18(10-8-17)20(4,5)6/h7-10,15H,11-14H2,1-6H3,(H,21,24). The topological polar surface area (TPSA) is 49.4 Å². The first-order valence-corrected chi connectivity index (χ1v) is 8.75. The molecule has 0 aliphatic heterocycles. The summed E-state index contributed by atoms with van der Waals surface area (Å²) >= 11 is 0. The number of amides is 2. The molecule has 4 nitrogen and oxygen atoms in total. The molecule has 0 saturated carbocycles. The van der Waals surface area contributed by atoms with E-state index in [0.717, 1.165) is 13.0 Å². The van der Waals surface area contributed by atoms with Gasteiger partial charge in [-0.2, -0.15) is 0 Å². The van der Waals surface area contributed by atoms with Gasteiger partial charge in [0.15, 0.2) is 0 Å². The number of rotatable bonds is 7. The summed E-state index contributed by atoms with van der Waals surface area (Å²) in [5, 5.41) is 2.90. The van der Waals surface area contributed by atoms with Crippen molar-refractivity contribution >= 4 is 11.8 Å². The summed E-state index contributed by atoms with van der Waals surface area (Å²) < 4.78 is 0. The molecule has 1 N–H and O–H groups in total. The molecular formula is C20H32N2O2. The van der Waals surface area contributed by atoms with E-state index in [0.29, 0.717) is 24.6 Å². The zero-order valence-corrected chi connectivity index (χ0v) is 16.0. The highest BCUT2D eigenvalue weighted by Gasteiger charge is 2.14. The van der Waals surface area contributed by atoms with Gasteiger partial charge in [-0.1, -0.05) is 46.8 Å². The van der Waals surface area contributed by atoms with Gasteiger partial charge in [0.1, 0.15) is 0 Å². The molecule has 24 heavy (non-hydrogen) atoms. The first-order valence-electron chi connectivity index (χ1n) is 8.75. The van der Waals surface area contributed by atoms with Crippen LogP contribution in [0.25, 0.3) is 0 Å². The van der Waals surface area contributed by atoms with E-state index >= 15 is 0 Å². The van der Waals surface area contributed by atoms with Crippen molar-refractivity contribution in [1.82, 2.24) is 10.2 Å². The van der Waals surface area contributed by atoms with Crippen molar-refractivity contribution in [3.8, 4) is 0 Å². The molecule has 0 atom stereocenters. The number of carbonyl (C=O) groups excluding carboxylic acids is 2. The molecule has 0 unspecified atom stereocenters. The highest BCUT2D eigenvalue weighted by Crippen LogP contribution is 2.22. The maximum absolute atomic E-state index is 12.2. The molecule has 0 aromatic heterocycles. The monoisotopic (exact) mass is 332 g/mol. The minimum absolute atomic E-state index is 0.0550. The summed E-state index contributed by atoms with van der Waals surface area (Å²) in [5.74, 6) is 0.519. The molecule has 0 aliphatic carbocycles. The Morgan fingerprint density at radius 3 is 2.12 bits per heavy atom. The highest BCUT2D eigenvalue weighted by molar-refractivity contribution is 5.94. The third-order valence-electron chi connectivity index (χ3n) is 4.10. The molecule has 0 bridgehead atoms. The third kappa shape index (κ3) is 6.73. The molecule has 1 aromatic rings. The van der Waals surface area contributed by atoms with Crippen LogP contribution in [0, 0.1) is 5.92 Å². The Hall–Kier alpha value is -1.84. The molecule has 2 amide bonds. The van der Waals surface area contributed by atoms with Crippen molar-refractivity contribution in [2.24, 2.45) is 5.92 Å². The van der Waals surface area contributed by atoms with Crippen molar-refractivity contribution in [3.05, 3.63) is 35.4 Å². The van der Waals surface area contributed by atoms with Crippen molar-refractivity contribution in [3.63, 3.8) is 0 Å². The average Bonchev–Trinajstić information content (AvgIpc) is 2.49. The van der Waals surface area contributed by atoms with E-state index in [4.69, 9.17) is 0 Å². The lowest BCUT2D eigenvalue weighted by atomic mass is 9.87. The first-order chi connectivity index (χ1) is 11.1. The molecule has 0 radical (unpaired) electrons. The van der Waals surface area contributed by atoms with E-state index in [1.807, 2.05) is 24.3 Å². The van der Waals surface area contributed by atoms with Gasteiger partial charge in [0, 0.05) is 32.1 Å². The van der Waals surface area contributed by atoms with Crippen molar-refractivity contribution < 1.29 is 9.59 Å². The second kappa shape index (κ2) is 8.86. The van der Waals surface area contributed by atoms with E-state index in [-0.39, 0.29) is 17.2 Å². The molecule has 4 heteroatoms. The predicted octanol–water partition coefficient (Wildman–Crippen LogP) is 3.61. The van der Waals surface area contributed by atoms with Crippen LogP contribution in [0.3, 0.4) is 0 Å². The Balaban J connectivity index is 2.51. The van der Waals surface area contributed by atoms with Crippen molar-refractivity contribution in [1.29, 1.82) is 0 Å². The maximum Gasteiger partial charge on any atom is 0.251 e. The average molecular weight is 332 g/mol. The van der Waals surface area contributed by atoms with E-state index < -0.39 is 0 Å². The zero-order chi connectivity index (χ0) is 18.3. The lowest BCUT2D eigenvalue weighted by Gasteiger charge is -2.22. The Bertz CT molecular complexity index is 542. The van der Waals surface area contributed by atoms with E-state index in [9.17, 15) is 9.59 Å². The molecular weight excluding hydrogens is 300 g/mol. The van der Waals surface area contributed by atoms with Crippen LogP contribution in [0.2, 0.25) is 0 Å². The van der Waals surface area contributed by atoms with Gasteiger partial charge in [0.05, 0.1) is 0 Å². The fourth-order valence-corrected chi connectivity index (χ4v) is 2.37. The summed E-state index contributed by atoms with van der Waals surface area (Å²) in [6.07, 6.45) is 0.974. The minimum Gasteiger partial charge on any atom is -0.350 e. The molecule has 1 rings (SSSR count). The number of hydrogen-bond acceptors (Lipinski definition) is 2. The molecule has 0 aliphatic rings. The van der Waals surface area contributed by atoms with E-state index in [2.05, 4.69) is 39.9 Å². The van der Waals surface area contributed by atoms with Crippen LogP contribution in [-0.4, -0.2) is 36.3 Å². The Morgan fingerprint density at radius 2 is 1.67 bits per heavy atom. The number of hydrogen-bond donors (Lipinski definition) is 1. The normalized spacial score (nSPS) is 11.5.